The Morgan fingerprint density at radius 3 is 2.42 bits per heavy atom. The van der Waals surface area contributed by atoms with E-state index in [1.54, 1.807) is 0 Å². The van der Waals surface area contributed by atoms with Gasteiger partial charge in [-0.25, -0.2) is 9.97 Å². The maximum atomic E-state index is 4.66. The molecule has 1 N–H and O–H groups in total. The minimum absolute atomic E-state index is 0.738. The molecule has 154 valence electrons. The molecule has 3 aromatic heterocycles. The van der Waals surface area contributed by atoms with Gasteiger partial charge in [0.2, 0.25) is 0 Å². The second kappa shape index (κ2) is 8.83. The second-order valence-electron chi connectivity index (χ2n) is 7.54. The van der Waals surface area contributed by atoms with Crippen molar-refractivity contribution in [2.24, 2.45) is 0 Å². The van der Waals surface area contributed by atoms with Gasteiger partial charge < -0.3 is 5.32 Å². The van der Waals surface area contributed by atoms with Gasteiger partial charge >= 0.3 is 0 Å². The molecule has 0 radical (unpaired) electrons. The SMILES string of the molecule is c1ccc(CCCNc2ncc(-c3cnn(Cc4ccccc4)c3)n3ccnc23)cc1. The molecule has 6 nitrogen and oxygen atoms in total. The van der Waals surface area contributed by atoms with Crippen LogP contribution in [0.4, 0.5) is 5.82 Å². The minimum Gasteiger partial charge on any atom is -0.367 e. The molecular weight excluding hydrogens is 384 g/mol. The molecule has 0 amide bonds. The largest absolute Gasteiger partial charge is 0.367 e. The maximum absolute atomic E-state index is 4.66. The van der Waals surface area contributed by atoms with Crippen molar-refractivity contribution in [3.05, 3.63) is 103 Å². The molecule has 5 aromatic rings. The van der Waals surface area contributed by atoms with Gasteiger partial charge in [0.05, 0.1) is 24.6 Å². The summed E-state index contributed by atoms with van der Waals surface area (Å²) < 4.78 is 4.01. The zero-order valence-electron chi connectivity index (χ0n) is 17.2. The second-order valence-corrected chi connectivity index (χ2v) is 7.54. The van der Waals surface area contributed by atoms with Gasteiger partial charge in [-0.15, -0.1) is 0 Å². The molecular formula is C25H24N6. The Hall–Kier alpha value is -3.93. The highest BCUT2D eigenvalue weighted by Crippen LogP contribution is 2.23. The van der Waals surface area contributed by atoms with Gasteiger partial charge in [0.25, 0.3) is 0 Å². The first-order chi connectivity index (χ1) is 15.4. The number of nitrogens with one attached hydrogen (secondary N) is 1. The van der Waals surface area contributed by atoms with Crippen LogP contribution in [-0.4, -0.2) is 30.7 Å². The third-order valence-corrected chi connectivity index (χ3v) is 5.32. The number of anilines is 1. The highest BCUT2D eigenvalue weighted by atomic mass is 15.3. The van der Waals surface area contributed by atoms with Gasteiger partial charge in [-0.05, 0) is 24.0 Å². The van der Waals surface area contributed by atoms with Crippen molar-refractivity contribution in [1.29, 1.82) is 0 Å². The summed E-state index contributed by atoms with van der Waals surface area (Å²) in [4.78, 5) is 9.19. The van der Waals surface area contributed by atoms with Crippen LogP contribution in [0.2, 0.25) is 0 Å². The van der Waals surface area contributed by atoms with E-state index in [2.05, 4.69) is 67.4 Å². The molecule has 5 rings (SSSR count). The van der Waals surface area contributed by atoms with Gasteiger partial charge in [0.15, 0.2) is 11.5 Å². The Morgan fingerprint density at radius 1 is 0.839 bits per heavy atom. The molecule has 0 fully saturated rings. The number of hydrogen-bond donors (Lipinski definition) is 1. The van der Waals surface area contributed by atoms with Crippen LogP contribution in [0.5, 0.6) is 0 Å². The lowest BCUT2D eigenvalue weighted by atomic mass is 10.1. The number of nitrogens with zero attached hydrogens (tertiary/aromatic N) is 5. The number of aromatic nitrogens is 5. The summed E-state index contributed by atoms with van der Waals surface area (Å²) in [6, 6.07) is 20.9. The minimum atomic E-state index is 0.738. The average Bonchev–Trinajstić information content (AvgIpc) is 3.48. The molecule has 0 spiro atoms. The molecule has 0 aliphatic heterocycles. The summed E-state index contributed by atoms with van der Waals surface area (Å²) in [5.74, 6) is 0.804. The molecule has 0 aliphatic carbocycles. The van der Waals surface area contributed by atoms with Crippen molar-refractivity contribution in [2.45, 2.75) is 19.4 Å². The molecule has 0 unspecified atom stereocenters. The van der Waals surface area contributed by atoms with Gasteiger partial charge in [-0.2, -0.15) is 5.10 Å². The maximum Gasteiger partial charge on any atom is 0.180 e. The quantitative estimate of drug-likeness (QED) is 0.379. The average molecular weight is 409 g/mol. The van der Waals surface area contributed by atoms with Gasteiger partial charge in [-0.3, -0.25) is 9.08 Å². The van der Waals surface area contributed by atoms with Crippen LogP contribution in [0.25, 0.3) is 16.9 Å². The smallest absolute Gasteiger partial charge is 0.180 e. The summed E-state index contributed by atoms with van der Waals surface area (Å²) in [7, 11) is 0. The fourth-order valence-corrected chi connectivity index (χ4v) is 3.75. The normalized spacial score (nSPS) is 11.1. The Labute approximate surface area is 181 Å². The fraction of sp³-hybridized carbons (Fsp3) is 0.160. The third kappa shape index (κ3) is 4.33. The predicted octanol–water partition coefficient (Wildman–Crippen LogP) is 4.69. The number of hydrogen-bond acceptors (Lipinski definition) is 4. The lowest BCUT2D eigenvalue weighted by Gasteiger charge is -2.09. The molecule has 0 saturated carbocycles. The molecule has 0 bridgehead atoms. The van der Waals surface area contributed by atoms with Crippen LogP contribution in [-0.2, 0) is 13.0 Å². The van der Waals surface area contributed by atoms with Crippen LogP contribution in [0.15, 0.2) is 91.6 Å². The van der Waals surface area contributed by atoms with E-state index in [0.717, 1.165) is 48.7 Å². The monoisotopic (exact) mass is 408 g/mol. The van der Waals surface area contributed by atoms with Crippen molar-refractivity contribution in [3.63, 3.8) is 0 Å². The number of fused-ring (bicyclic) bond motifs is 1. The highest BCUT2D eigenvalue weighted by Gasteiger charge is 2.11. The van der Waals surface area contributed by atoms with Crippen molar-refractivity contribution in [3.8, 4) is 11.3 Å². The summed E-state index contributed by atoms with van der Waals surface area (Å²) >= 11 is 0. The van der Waals surface area contributed by atoms with Gasteiger partial charge in [-0.1, -0.05) is 60.7 Å². The third-order valence-electron chi connectivity index (χ3n) is 5.32. The first-order valence-corrected chi connectivity index (χ1v) is 10.5. The van der Waals surface area contributed by atoms with E-state index in [1.165, 1.54) is 11.1 Å². The zero-order valence-corrected chi connectivity index (χ0v) is 17.2. The van der Waals surface area contributed by atoms with Crippen molar-refractivity contribution >= 4 is 11.5 Å². The summed E-state index contributed by atoms with van der Waals surface area (Å²) in [6.45, 7) is 1.58. The molecule has 31 heavy (non-hydrogen) atoms. The summed E-state index contributed by atoms with van der Waals surface area (Å²) in [5, 5.41) is 7.98. The topological polar surface area (TPSA) is 60.0 Å². The molecule has 2 aromatic carbocycles. The van der Waals surface area contributed by atoms with E-state index < -0.39 is 0 Å². The predicted molar refractivity (Wildman–Crippen MR) is 123 cm³/mol. The van der Waals surface area contributed by atoms with E-state index >= 15 is 0 Å². The van der Waals surface area contributed by atoms with Crippen molar-refractivity contribution < 1.29 is 0 Å². The zero-order chi connectivity index (χ0) is 20.9. The van der Waals surface area contributed by atoms with Gasteiger partial charge in [0.1, 0.15) is 0 Å². The van der Waals surface area contributed by atoms with E-state index in [1.807, 2.05) is 53.7 Å². The number of benzene rings is 2. The van der Waals surface area contributed by atoms with E-state index in [4.69, 9.17) is 0 Å². The lowest BCUT2D eigenvalue weighted by molar-refractivity contribution is 0.687. The molecule has 6 heteroatoms. The Bertz CT molecular complexity index is 1260. The molecule has 3 heterocycles. The van der Waals surface area contributed by atoms with Gasteiger partial charge in [0, 0.05) is 30.7 Å². The summed E-state index contributed by atoms with van der Waals surface area (Å²) in [5.41, 5.74) is 5.39. The van der Waals surface area contributed by atoms with Crippen LogP contribution in [0.3, 0.4) is 0 Å². The lowest BCUT2D eigenvalue weighted by Crippen LogP contribution is -2.07. The molecule has 0 saturated heterocycles. The van der Waals surface area contributed by atoms with E-state index in [-0.39, 0.29) is 0 Å². The molecule has 0 atom stereocenters. The highest BCUT2D eigenvalue weighted by molar-refractivity contribution is 5.69. The van der Waals surface area contributed by atoms with Crippen LogP contribution < -0.4 is 5.32 Å². The number of aryl methyl sites for hydroxylation is 1. The first kappa shape index (κ1) is 19.1. The number of rotatable bonds is 8. The fourth-order valence-electron chi connectivity index (χ4n) is 3.75. The van der Waals surface area contributed by atoms with Crippen LogP contribution in [0.1, 0.15) is 17.5 Å². The van der Waals surface area contributed by atoms with E-state index in [9.17, 15) is 0 Å². The summed E-state index contributed by atoms with van der Waals surface area (Å²) in [6.07, 6.45) is 11.7. The van der Waals surface area contributed by atoms with Crippen molar-refractivity contribution in [2.75, 3.05) is 11.9 Å². The van der Waals surface area contributed by atoms with E-state index in [0.29, 0.717) is 0 Å². The Balaban J connectivity index is 1.30. The van der Waals surface area contributed by atoms with Crippen LogP contribution in [0, 0.1) is 0 Å². The first-order valence-electron chi connectivity index (χ1n) is 10.5. The Morgan fingerprint density at radius 2 is 1.61 bits per heavy atom. The molecule has 0 aliphatic rings. The van der Waals surface area contributed by atoms with Crippen LogP contribution >= 0.6 is 0 Å². The Kier molecular flexibility index (Phi) is 5.43. The van der Waals surface area contributed by atoms with Crippen molar-refractivity contribution in [1.82, 2.24) is 24.1 Å². The number of imidazole rings is 1. The standard InChI is InChI=1S/C25H24N6/c1-3-8-20(9-4-1)12-7-13-26-24-25-27-14-15-31(25)23(17-28-24)22-16-29-30(19-22)18-21-10-5-2-6-11-21/h1-6,8-11,14-17,19H,7,12-13,18H2,(H,26,28).